The number of likely N-dealkylation sites (tertiary alicyclic amines) is 1. The monoisotopic (exact) mass is 445 g/mol. The fraction of sp³-hybridized carbons (Fsp3) is 0.571. The third-order valence-corrected chi connectivity index (χ3v) is 5.38. The highest BCUT2D eigenvalue weighted by atomic mass is 32.1. The van der Waals surface area contributed by atoms with Crippen molar-refractivity contribution < 1.29 is 9.53 Å². The number of fused-ring (bicyclic) bond motifs is 1. The summed E-state index contributed by atoms with van der Waals surface area (Å²) in [5.74, 6) is 0.850. The average molecular weight is 446 g/mol. The van der Waals surface area contributed by atoms with Crippen molar-refractivity contribution in [2.45, 2.75) is 59.6 Å². The predicted octanol–water partition coefficient (Wildman–Crippen LogP) is 4.24. The molecule has 0 aliphatic carbocycles. The van der Waals surface area contributed by atoms with Crippen molar-refractivity contribution in [1.29, 1.82) is 0 Å². The maximum atomic E-state index is 11.4. The number of hydrogen-bond acceptors (Lipinski definition) is 6. The Hall–Kier alpha value is -2.75. The van der Waals surface area contributed by atoms with Crippen LogP contribution in [-0.4, -0.2) is 59.0 Å². The zero-order chi connectivity index (χ0) is 22.8. The van der Waals surface area contributed by atoms with Crippen molar-refractivity contribution in [2.75, 3.05) is 13.1 Å². The van der Waals surface area contributed by atoms with Crippen molar-refractivity contribution in [3.8, 4) is 11.4 Å². The minimum absolute atomic E-state index is 0.167. The van der Waals surface area contributed by atoms with Gasteiger partial charge in [0, 0.05) is 32.4 Å². The molecular formula is C21H31N7O2S. The van der Waals surface area contributed by atoms with Gasteiger partial charge >= 0.3 is 6.09 Å². The van der Waals surface area contributed by atoms with Gasteiger partial charge in [-0.3, -0.25) is 4.68 Å². The molecule has 31 heavy (non-hydrogen) atoms. The van der Waals surface area contributed by atoms with E-state index in [1.54, 1.807) is 11.2 Å². The van der Waals surface area contributed by atoms with Gasteiger partial charge in [-0.15, -0.1) is 0 Å². The standard InChI is InChI=1S/C12H14N6S.C9H17NO2/c1-4-18-7(2)8(5-15-18)10-16-9-11(17(10)3)13-6-14-12(9)19;1-9(2,3)12-8(11)10-6-4-5-7-10/h5-6H,4H2,1-3H3,(H,13,14,19);4-7H2,1-3H3. The van der Waals surface area contributed by atoms with Crippen LogP contribution in [0.4, 0.5) is 4.79 Å². The highest BCUT2D eigenvalue weighted by Crippen LogP contribution is 2.25. The first-order valence-electron chi connectivity index (χ1n) is 10.5. The van der Waals surface area contributed by atoms with Gasteiger partial charge in [-0.25, -0.2) is 14.8 Å². The lowest BCUT2D eigenvalue weighted by molar-refractivity contribution is 0.0295. The van der Waals surface area contributed by atoms with E-state index in [4.69, 9.17) is 17.0 Å². The van der Waals surface area contributed by atoms with Gasteiger partial charge in [0.25, 0.3) is 0 Å². The van der Waals surface area contributed by atoms with Crippen LogP contribution < -0.4 is 0 Å². The normalized spacial score (nSPS) is 13.9. The molecule has 168 valence electrons. The summed E-state index contributed by atoms with van der Waals surface area (Å²) in [6.07, 6.45) is 5.49. The number of carbonyl (C=O) groups excluding carboxylic acids is 1. The van der Waals surface area contributed by atoms with Crippen LogP contribution in [0.15, 0.2) is 12.5 Å². The minimum Gasteiger partial charge on any atom is -0.444 e. The van der Waals surface area contributed by atoms with Crippen LogP contribution in [0.5, 0.6) is 0 Å². The quantitative estimate of drug-likeness (QED) is 0.593. The van der Waals surface area contributed by atoms with E-state index >= 15 is 0 Å². The molecule has 3 aromatic heterocycles. The lowest BCUT2D eigenvalue weighted by Gasteiger charge is -2.23. The molecule has 1 N–H and O–H groups in total. The lowest BCUT2D eigenvalue weighted by Crippen LogP contribution is -2.34. The number of aromatic nitrogens is 6. The topological polar surface area (TPSA) is 93.9 Å². The first kappa shape index (κ1) is 22.9. The van der Waals surface area contributed by atoms with Crippen molar-refractivity contribution in [3.05, 3.63) is 22.9 Å². The lowest BCUT2D eigenvalue weighted by atomic mass is 10.2. The third-order valence-electron chi connectivity index (χ3n) is 5.08. The van der Waals surface area contributed by atoms with E-state index in [1.165, 1.54) is 0 Å². The molecule has 1 aliphatic heterocycles. The van der Waals surface area contributed by atoms with E-state index in [0.29, 0.717) is 4.64 Å². The molecule has 0 saturated carbocycles. The molecule has 0 spiro atoms. The molecule has 0 atom stereocenters. The van der Waals surface area contributed by atoms with E-state index in [2.05, 4.69) is 27.0 Å². The molecule has 0 unspecified atom stereocenters. The average Bonchev–Trinajstić information content (AvgIpc) is 3.42. The van der Waals surface area contributed by atoms with Crippen LogP contribution in [0, 0.1) is 11.6 Å². The second-order valence-corrected chi connectivity index (χ2v) is 8.92. The van der Waals surface area contributed by atoms with Gasteiger partial charge in [0.2, 0.25) is 0 Å². The number of carbonyl (C=O) groups is 1. The summed E-state index contributed by atoms with van der Waals surface area (Å²) < 4.78 is 9.65. The fourth-order valence-electron chi connectivity index (χ4n) is 3.48. The second kappa shape index (κ2) is 9.17. The van der Waals surface area contributed by atoms with Crippen LogP contribution in [0.25, 0.3) is 22.6 Å². The number of nitrogens with one attached hydrogen (secondary N) is 1. The SMILES string of the molecule is CC(C)(C)OC(=O)N1CCCC1.CCn1ncc(-c2nc3c(=S)nc[nH]c3n2C)c1C. The summed E-state index contributed by atoms with van der Waals surface area (Å²) in [6, 6.07) is 0. The number of ether oxygens (including phenoxy) is 1. The maximum absolute atomic E-state index is 11.4. The highest BCUT2D eigenvalue weighted by molar-refractivity contribution is 7.71. The van der Waals surface area contributed by atoms with Gasteiger partial charge in [0.05, 0.1) is 18.1 Å². The molecule has 1 fully saturated rings. The van der Waals surface area contributed by atoms with Gasteiger partial charge in [-0.1, -0.05) is 12.2 Å². The summed E-state index contributed by atoms with van der Waals surface area (Å²) in [7, 11) is 1.96. The van der Waals surface area contributed by atoms with E-state index in [-0.39, 0.29) is 11.7 Å². The molecule has 1 aliphatic rings. The zero-order valence-corrected chi connectivity index (χ0v) is 19.9. The number of aromatic amines is 1. The molecule has 3 aromatic rings. The molecule has 1 amide bonds. The molecular weight excluding hydrogens is 414 g/mol. The van der Waals surface area contributed by atoms with Gasteiger partial charge in [-0.05, 0) is 47.5 Å². The minimum atomic E-state index is -0.361. The molecule has 0 aromatic carbocycles. The van der Waals surface area contributed by atoms with Crippen LogP contribution in [0.3, 0.4) is 0 Å². The Morgan fingerprint density at radius 1 is 1.29 bits per heavy atom. The Balaban J connectivity index is 0.000000196. The van der Waals surface area contributed by atoms with E-state index < -0.39 is 0 Å². The summed E-state index contributed by atoms with van der Waals surface area (Å²) in [5.41, 5.74) is 3.35. The molecule has 4 rings (SSSR count). The number of imidazole rings is 1. The van der Waals surface area contributed by atoms with Crippen LogP contribution in [0.2, 0.25) is 0 Å². The number of amides is 1. The van der Waals surface area contributed by atoms with Gasteiger partial charge in [0.15, 0.2) is 4.64 Å². The smallest absolute Gasteiger partial charge is 0.410 e. The Kier molecular flexibility index (Phi) is 6.78. The number of rotatable bonds is 2. The number of hydrogen-bond donors (Lipinski definition) is 1. The van der Waals surface area contributed by atoms with Crippen molar-refractivity contribution in [2.24, 2.45) is 7.05 Å². The maximum Gasteiger partial charge on any atom is 0.410 e. The first-order valence-corrected chi connectivity index (χ1v) is 10.9. The number of H-pyrrole nitrogens is 1. The summed E-state index contributed by atoms with van der Waals surface area (Å²) >= 11 is 5.21. The Labute approximate surface area is 187 Å². The summed E-state index contributed by atoms with van der Waals surface area (Å²) in [6.45, 7) is 12.3. The van der Waals surface area contributed by atoms with E-state index in [0.717, 1.165) is 60.7 Å². The van der Waals surface area contributed by atoms with E-state index in [9.17, 15) is 4.79 Å². The van der Waals surface area contributed by atoms with E-state index in [1.807, 2.05) is 50.2 Å². The number of nitrogens with zero attached hydrogens (tertiary/aromatic N) is 6. The third kappa shape index (κ3) is 5.12. The number of aryl methyl sites for hydroxylation is 2. The van der Waals surface area contributed by atoms with Crippen LogP contribution >= 0.6 is 12.2 Å². The molecule has 0 bridgehead atoms. The zero-order valence-electron chi connectivity index (χ0n) is 19.1. The van der Waals surface area contributed by atoms with Crippen LogP contribution in [0.1, 0.15) is 46.2 Å². The Morgan fingerprint density at radius 2 is 1.97 bits per heavy atom. The molecule has 4 heterocycles. The van der Waals surface area contributed by atoms with Crippen LogP contribution in [-0.2, 0) is 18.3 Å². The largest absolute Gasteiger partial charge is 0.444 e. The molecule has 0 radical (unpaired) electrons. The molecule has 10 heteroatoms. The van der Waals surface area contributed by atoms with Gasteiger partial charge in [-0.2, -0.15) is 5.10 Å². The molecule has 9 nitrogen and oxygen atoms in total. The van der Waals surface area contributed by atoms with Crippen molar-refractivity contribution in [3.63, 3.8) is 0 Å². The molecule has 1 saturated heterocycles. The Bertz CT molecular complexity index is 1120. The first-order chi connectivity index (χ1) is 14.6. The second-order valence-electron chi connectivity index (χ2n) is 8.53. The van der Waals surface area contributed by atoms with Gasteiger partial charge in [0.1, 0.15) is 22.6 Å². The Morgan fingerprint density at radius 3 is 2.52 bits per heavy atom. The fourth-order valence-corrected chi connectivity index (χ4v) is 3.67. The predicted molar refractivity (Wildman–Crippen MR) is 122 cm³/mol. The van der Waals surface area contributed by atoms with Gasteiger partial charge < -0.3 is 19.2 Å². The van der Waals surface area contributed by atoms with Crippen molar-refractivity contribution >= 4 is 29.5 Å². The summed E-state index contributed by atoms with van der Waals surface area (Å²) in [4.78, 5) is 24.9. The van der Waals surface area contributed by atoms with Crippen molar-refractivity contribution in [1.82, 2.24) is 34.2 Å². The summed E-state index contributed by atoms with van der Waals surface area (Å²) in [5, 5.41) is 4.36. The highest BCUT2D eigenvalue weighted by Gasteiger charge is 2.24.